The van der Waals surface area contributed by atoms with Gasteiger partial charge in [0.15, 0.2) is 0 Å². The molecule has 0 bridgehead atoms. The van der Waals surface area contributed by atoms with Crippen molar-refractivity contribution in [3.63, 3.8) is 0 Å². The first-order chi connectivity index (χ1) is 12.4. The van der Waals surface area contributed by atoms with Crippen LogP contribution in [-0.4, -0.2) is 28.0 Å². The van der Waals surface area contributed by atoms with Gasteiger partial charge in [-0.3, -0.25) is 4.98 Å². The number of fused-ring (bicyclic) bond motifs is 1. The maximum Gasteiger partial charge on any atom is 0.107 e. The van der Waals surface area contributed by atoms with E-state index in [0.717, 1.165) is 42.3 Å². The molecule has 0 aliphatic heterocycles. The van der Waals surface area contributed by atoms with Gasteiger partial charge in [0.2, 0.25) is 0 Å². The second-order valence-corrected chi connectivity index (χ2v) is 8.75. The molecule has 0 amide bonds. The third-order valence-electron chi connectivity index (χ3n) is 5.79. The van der Waals surface area contributed by atoms with Gasteiger partial charge < -0.3 is 10.3 Å². The van der Waals surface area contributed by atoms with Crippen LogP contribution >= 0.6 is 0 Å². The first-order valence-electron chi connectivity index (χ1n) is 10.1. The lowest BCUT2D eigenvalue weighted by Crippen LogP contribution is -2.36. The lowest BCUT2D eigenvalue weighted by atomic mass is 9.69. The van der Waals surface area contributed by atoms with E-state index < -0.39 is 0 Å². The average molecular weight is 355 g/mol. The Bertz CT molecular complexity index is 710. The molecule has 4 nitrogen and oxygen atoms in total. The lowest BCUT2D eigenvalue weighted by Gasteiger charge is -2.37. The maximum atomic E-state index is 4.76. The van der Waals surface area contributed by atoms with Gasteiger partial charge in [-0.1, -0.05) is 39.3 Å². The number of allylic oxidation sites excluding steroid dienone is 1. The standard InChI is InChI=1S/C22H34N4/c1-14(2)11-24-12-18-8-16(5)17(9-19(18)15(3)4)10-22-25-20-6-7-23-13-21(20)26-22/h6-8,13-15,17-19,24H,9-12H2,1-5H3,(H,25,26)/t17-,18-,19-/m0/s1. The minimum Gasteiger partial charge on any atom is -0.341 e. The number of hydrogen-bond donors (Lipinski definition) is 2. The summed E-state index contributed by atoms with van der Waals surface area (Å²) in [6.07, 6.45) is 8.46. The quantitative estimate of drug-likeness (QED) is 0.715. The molecule has 0 spiro atoms. The summed E-state index contributed by atoms with van der Waals surface area (Å²) < 4.78 is 0. The zero-order chi connectivity index (χ0) is 18.7. The Morgan fingerprint density at radius 3 is 2.77 bits per heavy atom. The molecule has 2 aromatic heterocycles. The summed E-state index contributed by atoms with van der Waals surface area (Å²) in [6, 6.07) is 1.98. The highest BCUT2D eigenvalue weighted by Gasteiger charge is 2.31. The van der Waals surface area contributed by atoms with Crippen molar-refractivity contribution in [1.82, 2.24) is 20.3 Å². The van der Waals surface area contributed by atoms with Gasteiger partial charge in [-0.15, -0.1) is 0 Å². The van der Waals surface area contributed by atoms with Gasteiger partial charge in [0, 0.05) is 19.2 Å². The molecule has 0 saturated heterocycles. The van der Waals surface area contributed by atoms with Crippen LogP contribution in [0.4, 0.5) is 0 Å². The molecule has 1 aliphatic rings. The molecule has 0 radical (unpaired) electrons. The predicted molar refractivity (Wildman–Crippen MR) is 109 cm³/mol. The number of nitrogens with one attached hydrogen (secondary N) is 2. The fourth-order valence-corrected chi connectivity index (χ4v) is 4.29. The molecule has 2 aromatic rings. The predicted octanol–water partition coefficient (Wildman–Crippen LogP) is 4.60. The topological polar surface area (TPSA) is 53.6 Å². The average Bonchev–Trinajstić information content (AvgIpc) is 2.98. The van der Waals surface area contributed by atoms with Crippen molar-refractivity contribution in [2.24, 2.45) is 29.6 Å². The van der Waals surface area contributed by atoms with Crippen molar-refractivity contribution in [1.29, 1.82) is 0 Å². The van der Waals surface area contributed by atoms with Crippen LogP contribution in [0.3, 0.4) is 0 Å². The molecule has 2 N–H and O–H groups in total. The molecule has 0 saturated carbocycles. The highest BCUT2D eigenvalue weighted by Crippen LogP contribution is 2.38. The van der Waals surface area contributed by atoms with Gasteiger partial charge in [0.1, 0.15) is 5.82 Å². The van der Waals surface area contributed by atoms with Gasteiger partial charge in [0.05, 0.1) is 17.2 Å². The number of aromatic nitrogens is 3. The zero-order valence-electron chi connectivity index (χ0n) is 16.9. The summed E-state index contributed by atoms with van der Waals surface area (Å²) in [6.45, 7) is 13.8. The number of nitrogens with zero attached hydrogens (tertiary/aromatic N) is 2. The van der Waals surface area contributed by atoms with Crippen LogP contribution in [-0.2, 0) is 6.42 Å². The van der Waals surface area contributed by atoms with Gasteiger partial charge in [0.25, 0.3) is 0 Å². The molecule has 3 atom stereocenters. The first kappa shape index (κ1) is 19.1. The third-order valence-corrected chi connectivity index (χ3v) is 5.79. The van der Waals surface area contributed by atoms with Crippen molar-refractivity contribution in [2.75, 3.05) is 13.1 Å². The van der Waals surface area contributed by atoms with E-state index in [0.29, 0.717) is 23.7 Å². The van der Waals surface area contributed by atoms with Crippen LogP contribution in [0.25, 0.3) is 11.0 Å². The van der Waals surface area contributed by atoms with Crippen molar-refractivity contribution >= 4 is 11.0 Å². The summed E-state index contributed by atoms with van der Waals surface area (Å²) in [5.41, 5.74) is 3.58. The summed E-state index contributed by atoms with van der Waals surface area (Å²) in [5, 5.41) is 3.67. The Morgan fingerprint density at radius 2 is 2.08 bits per heavy atom. The zero-order valence-corrected chi connectivity index (χ0v) is 16.9. The molecule has 0 fully saturated rings. The number of imidazole rings is 1. The number of aromatic amines is 1. The first-order valence-corrected chi connectivity index (χ1v) is 10.1. The molecule has 0 unspecified atom stereocenters. The minimum absolute atomic E-state index is 0.581. The maximum absolute atomic E-state index is 4.76. The van der Waals surface area contributed by atoms with Crippen molar-refractivity contribution in [3.05, 3.63) is 35.9 Å². The molecule has 2 heterocycles. The van der Waals surface area contributed by atoms with Crippen LogP contribution in [0.5, 0.6) is 0 Å². The number of hydrogen-bond acceptors (Lipinski definition) is 3. The third kappa shape index (κ3) is 4.53. The van der Waals surface area contributed by atoms with Crippen LogP contribution in [0.15, 0.2) is 30.1 Å². The van der Waals surface area contributed by atoms with Crippen molar-refractivity contribution in [2.45, 2.75) is 47.5 Å². The second-order valence-electron chi connectivity index (χ2n) is 8.75. The van der Waals surface area contributed by atoms with E-state index in [1.165, 1.54) is 12.0 Å². The smallest absolute Gasteiger partial charge is 0.107 e. The number of rotatable bonds is 7. The molecule has 3 rings (SSSR count). The van der Waals surface area contributed by atoms with Crippen LogP contribution < -0.4 is 5.32 Å². The van der Waals surface area contributed by atoms with Crippen molar-refractivity contribution in [3.8, 4) is 0 Å². The van der Waals surface area contributed by atoms with Crippen LogP contribution in [0, 0.1) is 29.6 Å². The Morgan fingerprint density at radius 1 is 1.27 bits per heavy atom. The van der Waals surface area contributed by atoms with Crippen molar-refractivity contribution < 1.29 is 0 Å². The van der Waals surface area contributed by atoms with E-state index in [9.17, 15) is 0 Å². The highest BCUT2D eigenvalue weighted by molar-refractivity contribution is 5.73. The van der Waals surface area contributed by atoms with E-state index in [1.54, 1.807) is 0 Å². The fourth-order valence-electron chi connectivity index (χ4n) is 4.29. The second kappa shape index (κ2) is 8.34. The Hall–Kier alpha value is -1.68. The molecular formula is C22H34N4. The number of pyridine rings is 1. The molecule has 4 heteroatoms. The van der Waals surface area contributed by atoms with E-state index in [-0.39, 0.29) is 0 Å². The Labute approximate surface area is 157 Å². The van der Waals surface area contributed by atoms with Gasteiger partial charge in [-0.05, 0) is 55.5 Å². The van der Waals surface area contributed by atoms with E-state index >= 15 is 0 Å². The number of H-pyrrole nitrogens is 1. The van der Waals surface area contributed by atoms with Gasteiger partial charge in [-0.2, -0.15) is 0 Å². The largest absolute Gasteiger partial charge is 0.341 e. The van der Waals surface area contributed by atoms with Gasteiger partial charge in [-0.25, -0.2) is 4.98 Å². The lowest BCUT2D eigenvalue weighted by molar-refractivity contribution is 0.220. The molecular weight excluding hydrogens is 320 g/mol. The summed E-state index contributed by atoms with van der Waals surface area (Å²) in [4.78, 5) is 12.4. The molecule has 142 valence electrons. The van der Waals surface area contributed by atoms with Gasteiger partial charge >= 0.3 is 0 Å². The Balaban J connectivity index is 1.71. The van der Waals surface area contributed by atoms with E-state index in [1.807, 2.05) is 18.5 Å². The van der Waals surface area contributed by atoms with E-state index in [4.69, 9.17) is 4.98 Å². The van der Waals surface area contributed by atoms with Crippen LogP contribution in [0.1, 0.15) is 46.9 Å². The molecule has 0 aromatic carbocycles. The normalized spacial score (nSPS) is 23.8. The summed E-state index contributed by atoms with van der Waals surface area (Å²) in [7, 11) is 0. The summed E-state index contributed by atoms with van der Waals surface area (Å²) >= 11 is 0. The highest BCUT2D eigenvalue weighted by atomic mass is 14.9. The fraction of sp³-hybridized carbons (Fsp3) is 0.636. The summed E-state index contributed by atoms with van der Waals surface area (Å²) in [5.74, 6) is 4.45. The monoisotopic (exact) mass is 354 g/mol. The SMILES string of the molecule is CC1=C[C@@H](CNCC(C)C)[C@H](C(C)C)C[C@H]1Cc1nc2ccncc2[nH]1. The molecule has 26 heavy (non-hydrogen) atoms. The Kier molecular flexibility index (Phi) is 6.13. The molecule has 1 aliphatic carbocycles. The van der Waals surface area contributed by atoms with E-state index in [2.05, 4.69) is 56.0 Å². The van der Waals surface area contributed by atoms with Crippen LogP contribution in [0.2, 0.25) is 0 Å². The minimum atomic E-state index is 0.581.